The number of methoxy groups -OCH3 is 1. The summed E-state index contributed by atoms with van der Waals surface area (Å²) in [5.41, 5.74) is 1.90. The van der Waals surface area contributed by atoms with Crippen LogP contribution in [-0.4, -0.2) is 28.0 Å². The zero-order valence-corrected chi connectivity index (χ0v) is 18.1. The van der Waals surface area contributed by atoms with E-state index in [0.29, 0.717) is 34.9 Å². The minimum Gasteiger partial charge on any atom is -0.495 e. The number of hydrogen-bond acceptors (Lipinski definition) is 6. The van der Waals surface area contributed by atoms with Crippen molar-refractivity contribution in [3.8, 4) is 28.6 Å². The van der Waals surface area contributed by atoms with Crippen LogP contribution in [0.3, 0.4) is 0 Å². The van der Waals surface area contributed by atoms with Gasteiger partial charge in [-0.1, -0.05) is 19.1 Å². The molecular weight excluding hydrogens is 423 g/mol. The number of nitrogens with one attached hydrogen (secondary N) is 1. The predicted octanol–water partition coefficient (Wildman–Crippen LogP) is 5.29. The average Bonchev–Trinajstić information content (AvgIpc) is 2.86. The Morgan fingerprint density at radius 1 is 1.00 bits per heavy atom. The van der Waals surface area contributed by atoms with Crippen LogP contribution in [-0.2, 0) is 6.42 Å². The molecule has 0 spiro atoms. The summed E-state index contributed by atoms with van der Waals surface area (Å²) in [7, 11) is 1.51. The molecule has 0 radical (unpaired) electrons. The van der Waals surface area contributed by atoms with E-state index in [0.717, 1.165) is 0 Å². The second kappa shape index (κ2) is 9.86. The Morgan fingerprint density at radius 3 is 2.67 bits per heavy atom. The first kappa shape index (κ1) is 21.9. The molecule has 4 rings (SSSR count). The third-order valence-electron chi connectivity index (χ3n) is 4.82. The van der Waals surface area contributed by atoms with Crippen molar-refractivity contribution in [2.24, 2.45) is 0 Å². The summed E-state index contributed by atoms with van der Waals surface area (Å²) in [6.07, 6.45) is 3.86. The van der Waals surface area contributed by atoms with Crippen LogP contribution in [0.2, 0.25) is 0 Å². The molecule has 2 heterocycles. The maximum Gasteiger partial charge on any atom is 0.255 e. The van der Waals surface area contributed by atoms with Crippen LogP contribution in [0, 0.1) is 5.82 Å². The minimum atomic E-state index is -0.627. The number of pyridine rings is 1. The zero-order valence-electron chi connectivity index (χ0n) is 18.1. The fourth-order valence-electron chi connectivity index (χ4n) is 3.16. The molecule has 166 valence electrons. The summed E-state index contributed by atoms with van der Waals surface area (Å²) >= 11 is 0. The fraction of sp³-hybridized carbons (Fsp3) is 0.120. The first-order valence-corrected chi connectivity index (χ1v) is 10.3. The van der Waals surface area contributed by atoms with Crippen molar-refractivity contribution < 1.29 is 18.7 Å². The van der Waals surface area contributed by atoms with Gasteiger partial charge in [-0.25, -0.2) is 19.3 Å². The highest BCUT2D eigenvalue weighted by molar-refractivity contribution is 6.05. The Morgan fingerprint density at radius 2 is 1.85 bits per heavy atom. The van der Waals surface area contributed by atoms with Crippen LogP contribution in [0.15, 0.2) is 73.1 Å². The van der Waals surface area contributed by atoms with Gasteiger partial charge in [0.25, 0.3) is 5.91 Å². The van der Waals surface area contributed by atoms with Crippen LogP contribution < -0.4 is 14.8 Å². The zero-order chi connectivity index (χ0) is 23.2. The number of hydrogen-bond donors (Lipinski definition) is 1. The monoisotopic (exact) mass is 444 g/mol. The number of rotatable bonds is 7. The number of carbonyl (C=O) groups is 1. The van der Waals surface area contributed by atoms with Crippen LogP contribution in [0.5, 0.6) is 17.4 Å². The van der Waals surface area contributed by atoms with E-state index in [1.807, 2.05) is 6.92 Å². The SMILES string of the molecule is CCc1nccc(-c2cccnc2Oc2cc(C(=O)Nc3ccccc3OC)ccc2F)n1. The van der Waals surface area contributed by atoms with Crippen LogP contribution >= 0.6 is 0 Å². The Balaban J connectivity index is 1.63. The molecule has 0 aliphatic heterocycles. The number of amides is 1. The lowest BCUT2D eigenvalue weighted by Gasteiger charge is -2.13. The third kappa shape index (κ3) is 4.95. The minimum absolute atomic E-state index is 0.132. The number of aryl methyl sites for hydroxylation is 1. The Kier molecular flexibility index (Phi) is 6.54. The van der Waals surface area contributed by atoms with E-state index in [1.165, 1.54) is 31.5 Å². The summed E-state index contributed by atoms with van der Waals surface area (Å²) in [5, 5.41) is 2.76. The van der Waals surface area contributed by atoms with Crippen LogP contribution in [0.1, 0.15) is 23.1 Å². The standard InChI is InChI=1S/C25H21FN4O3/c1-3-23-27-14-12-19(29-23)17-7-6-13-28-25(17)33-22-15-16(10-11-18(22)26)24(31)30-20-8-4-5-9-21(20)32-2/h4-15H,3H2,1-2H3,(H,30,31). The summed E-state index contributed by atoms with van der Waals surface area (Å²) < 4.78 is 25.6. The maximum atomic E-state index is 14.6. The smallest absolute Gasteiger partial charge is 0.255 e. The topological polar surface area (TPSA) is 86.2 Å². The van der Waals surface area contributed by atoms with Gasteiger partial charge in [-0.3, -0.25) is 4.79 Å². The first-order valence-electron chi connectivity index (χ1n) is 10.3. The van der Waals surface area contributed by atoms with Crippen molar-refractivity contribution in [3.63, 3.8) is 0 Å². The highest BCUT2D eigenvalue weighted by Gasteiger charge is 2.16. The number of halogens is 1. The van der Waals surface area contributed by atoms with Crippen molar-refractivity contribution in [1.82, 2.24) is 15.0 Å². The predicted molar refractivity (Wildman–Crippen MR) is 122 cm³/mol. The molecule has 0 unspecified atom stereocenters. The highest BCUT2D eigenvalue weighted by atomic mass is 19.1. The molecule has 4 aromatic rings. The van der Waals surface area contributed by atoms with Gasteiger partial charge in [0.2, 0.25) is 5.88 Å². The summed E-state index contributed by atoms with van der Waals surface area (Å²) in [4.78, 5) is 25.7. The van der Waals surface area contributed by atoms with E-state index in [4.69, 9.17) is 9.47 Å². The number of benzene rings is 2. The van der Waals surface area contributed by atoms with E-state index in [9.17, 15) is 9.18 Å². The van der Waals surface area contributed by atoms with Crippen LogP contribution in [0.4, 0.5) is 10.1 Å². The normalized spacial score (nSPS) is 10.5. The number of carbonyl (C=O) groups excluding carboxylic acids is 1. The molecule has 2 aromatic carbocycles. The molecule has 0 saturated carbocycles. The van der Waals surface area contributed by atoms with E-state index >= 15 is 0 Å². The van der Waals surface area contributed by atoms with Gasteiger partial charge >= 0.3 is 0 Å². The third-order valence-corrected chi connectivity index (χ3v) is 4.82. The van der Waals surface area contributed by atoms with Crippen molar-refractivity contribution in [3.05, 3.63) is 90.3 Å². The van der Waals surface area contributed by atoms with Gasteiger partial charge in [-0.05, 0) is 48.5 Å². The second-order valence-electron chi connectivity index (χ2n) is 6.97. The second-order valence-corrected chi connectivity index (χ2v) is 6.97. The van der Waals surface area contributed by atoms with Gasteiger partial charge in [0.05, 0.1) is 24.1 Å². The quantitative estimate of drug-likeness (QED) is 0.417. The summed E-state index contributed by atoms with van der Waals surface area (Å²) in [6, 6.07) is 16.1. The fourth-order valence-corrected chi connectivity index (χ4v) is 3.16. The average molecular weight is 444 g/mol. The van der Waals surface area contributed by atoms with E-state index in [2.05, 4.69) is 20.3 Å². The lowest BCUT2D eigenvalue weighted by Crippen LogP contribution is -2.13. The van der Waals surface area contributed by atoms with Gasteiger partial charge in [-0.15, -0.1) is 0 Å². The molecule has 0 bridgehead atoms. The van der Waals surface area contributed by atoms with Gasteiger partial charge in [0, 0.05) is 24.4 Å². The summed E-state index contributed by atoms with van der Waals surface area (Å²) in [6.45, 7) is 1.96. The van der Waals surface area contributed by atoms with Gasteiger partial charge < -0.3 is 14.8 Å². The number of ether oxygens (including phenoxy) is 2. The molecule has 0 saturated heterocycles. The first-order chi connectivity index (χ1) is 16.1. The molecular formula is C25H21FN4O3. The van der Waals surface area contributed by atoms with E-state index < -0.39 is 11.7 Å². The molecule has 33 heavy (non-hydrogen) atoms. The lowest BCUT2D eigenvalue weighted by molar-refractivity contribution is 0.102. The Labute approximate surface area is 190 Å². The highest BCUT2D eigenvalue weighted by Crippen LogP contribution is 2.32. The number of para-hydroxylation sites is 2. The van der Waals surface area contributed by atoms with Crippen molar-refractivity contribution in [1.29, 1.82) is 0 Å². The van der Waals surface area contributed by atoms with Crippen molar-refractivity contribution in [2.45, 2.75) is 13.3 Å². The molecule has 1 N–H and O–H groups in total. The lowest BCUT2D eigenvalue weighted by atomic mass is 10.1. The molecule has 2 aromatic heterocycles. The Bertz CT molecular complexity index is 1300. The molecule has 0 aliphatic carbocycles. The number of nitrogens with zero attached hydrogens (tertiary/aromatic N) is 3. The van der Waals surface area contributed by atoms with E-state index in [1.54, 1.807) is 48.7 Å². The van der Waals surface area contributed by atoms with Crippen molar-refractivity contribution >= 4 is 11.6 Å². The van der Waals surface area contributed by atoms with Crippen molar-refractivity contribution in [2.75, 3.05) is 12.4 Å². The molecule has 7 nitrogen and oxygen atoms in total. The van der Waals surface area contributed by atoms with Gasteiger partial charge in [0.1, 0.15) is 11.6 Å². The molecule has 1 amide bonds. The largest absolute Gasteiger partial charge is 0.495 e. The van der Waals surface area contributed by atoms with Gasteiger partial charge in [0.15, 0.2) is 11.6 Å². The van der Waals surface area contributed by atoms with Gasteiger partial charge in [-0.2, -0.15) is 0 Å². The van der Waals surface area contributed by atoms with E-state index in [-0.39, 0.29) is 17.2 Å². The number of anilines is 1. The molecule has 0 aliphatic rings. The molecule has 8 heteroatoms. The number of aromatic nitrogens is 3. The summed E-state index contributed by atoms with van der Waals surface area (Å²) in [5.74, 6) is 0.153. The Hall–Kier alpha value is -4.33. The molecule has 0 atom stereocenters. The maximum absolute atomic E-state index is 14.6. The molecule has 0 fully saturated rings. The van der Waals surface area contributed by atoms with Crippen LogP contribution in [0.25, 0.3) is 11.3 Å².